The van der Waals surface area contributed by atoms with Crippen molar-refractivity contribution in [3.63, 3.8) is 0 Å². The molecule has 3 aromatic rings. The van der Waals surface area contributed by atoms with Crippen LogP contribution in [-0.4, -0.2) is 27.6 Å². The second kappa shape index (κ2) is 7.34. The van der Waals surface area contributed by atoms with Crippen molar-refractivity contribution >= 4 is 16.7 Å². The highest BCUT2D eigenvalue weighted by atomic mass is 19.4. The fourth-order valence-corrected chi connectivity index (χ4v) is 2.89. The van der Waals surface area contributed by atoms with Crippen molar-refractivity contribution in [3.8, 4) is 0 Å². The topological polar surface area (TPSA) is 75.2 Å². The number of rotatable bonds is 4. The molecule has 0 aliphatic carbocycles. The van der Waals surface area contributed by atoms with Gasteiger partial charge in [-0.25, -0.2) is 4.68 Å². The molecule has 0 atom stereocenters. The number of fused-ring (bicyclic) bond motifs is 1. The number of nitrogens with one attached hydrogen (secondary N) is 1. The Bertz CT molecular complexity index is 1150. The molecule has 0 radical (unpaired) electrons. The summed E-state index contributed by atoms with van der Waals surface area (Å²) in [7, 11) is 1.33. The minimum Gasteiger partial charge on any atom is -0.340 e. The van der Waals surface area contributed by atoms with Crippen LogP contribution in [0.1, 0.15) is 11.1 Å². The van der Waals surface area contributed by atoms with Gasteiger partial charge in [0.2, 0.25) is 5.91 Å². The average Bonchev–Trinajstić information content (AvgIpc) is 2.65. The number of carbonyl (C=O) groups is 1. The van der Waals surface area contributed by atoms with Gasteiger partial charge in [0.25, 0.3) is 11.1 Å². The number of hydrogen-bond acceptors (Lipinski definition) is 3. The first-order valence-electron chi connectivity index (χ1n) is 8.29. The van der Waals surface area contributed by atoms with Crippen LogP contribution in [-0.2, 0) is 24.1 Å². The molecule has 6 nitrogen and oxygen atoms in total. The molecule has 0 fully saturated rings. The Balaban J connectivity index is 1.85. The lowest BCUT2D eigenvalue weighted by Gasteiger charge is -2.20. The molecule has 146 valence electrons. The van der Waals surface area contributed by atoms with Gasteiger partial charge in [0, 0.05) is 13.6 Å². The number of amides is 1. The molecule has 9 heteroatoms. The second-order valence-corrected chi connectivity index (χ2v) is 6.28. The molecule has 0 aliphatic rings. The van der Waals surface area contributed by atoms with Gasteiger partial charge in [0.05, 0.1) is 16.3 Å². The fraction of sp³-hybridized carbons (Fsp3) is 0.211. The number of halogens is 3. The Morgan fingerprint density at radius 3 is 2.32 bits per heavy atom. The van der Waals surface area contributed by atoms with Crippen LogP contribution < -0.4 is 11.1 Å². The standard InChI is InChI=1S/C19H16F3N3O3/c1-24(10-12-6-2-5-9-15(12)19(20,21)22)16(26)11-25-18(28)14-8-4-3-7-13(14)17(27)23-25/h2-9H,10-11H2,1H3,(H,23,27). The summed E-state index contributed by atoms with van der Waals surface area (Å²) < 4.78 is 40.2. The summed E-state index contributed by atoms with van der Waals surface area (Å²) >= 11 is 0. The van der Waals surface area contributed by atoms with Crippen LogP contribution in [0.2, 0.25) is 0 Å². The minimum absolute atomic E-state index is 0.0646. The number of carbonyl (C=O) groups excluding carboxylic acids is 1. The van der Waals surface area contributed by atoms with Crippen LogP contribution in [0.5, 0.6) is 0 Å². The number of aromatic amines is 1. The SMILES string of the molecule is CN(Cc1ccccc1C(F)(F)F)C(=O)Cn1[nH]c(=O)c2ccccc2c1=O. The third-order valence-electron chi connectivity index (χ3n) is 4.33. The highest BCUT2D eigenvalue weighted by molar-refractivity contribution is 5.81. The Morgan fingerprint density at radius 1 is 1.04 bits per heavy atom. The normalized spacial score (nSPS) is 11.6. The third kappa shape index (κ3) is 3.83. The Labute approximate surface area is 156 Å². The molecule has 0 saturated heterocycles. The summed E-state index contributed by atoms with van der Waals surface area (Å²) in [5.41, 5.74) is -1.99. The zero-order chi connectivity index (χ0) is 20.5. The summed E-state index contributed by atoms with van der Waals surface area (Å²) in [5.74, 6) is -0.620. The van der Waals surface area contributed by atoms with Gasteiger partial charge in [-0.1, -0.05) is 30.3 Å². The van der Waals surface area contributed by atoms with E-state index < -0.39 is 35.3 Å². The number of likely N-dealkylation sites (N-methyl/N-ethyl adjacent to an activating group) is 1. The number of H-pyrrole nitrogens is 1. The van der Waals surface area contributed by atoms with E-state index in [1.165, 1.54) is 37.4 Å². The number of alkyl halides is 3. The summed E-state index contributed by atoms with van der Waals surface area (Å²) in [5, 5.41) is 2.68. The summed E-state index contributed by atoms with van der Waals surface area (Å²) in [6.45, 7) is -0.787. The molecule has 1 N–H and O–H groups in total. The van der Waals surface area contributed by atoms with Crippen LogP contribution in [0.15, 0.2) is 58.1 Å². The molecule has 28 heavy (non-hydrogen) atoms. The molecule has 0 saturated carbocycles. The molecule has 1 heterocycles. The van der Waals surface area contributed by atoms with Gasteiger partial charge < -0.3 is 4.90 Å². The predicted molar refractivity (Wildman–Crippen MR) is 96.7 cm³/mol. The molecule has 1 amide bonds. The van der Waals surface area contributed by atoms with Crippen LogP contribution in [0.4, 0.5) is 13.2 Å². The number of aromatic nitrogens is 2. The van der Waals surface area contributed by atoms with E-state index in [2.05, 4.69) is 5.10 Å². The van der Waals surface area contributed by atoms with E-state index in [9.17, 15) is 27.6 Å². The van der Waals surface area contributed by atoms with Gasteiger partial charge in [-0.3, -0.25) is 19.5 Å². The van der Waals surface area contributed by atoms with Gasteiger partial charge in [0.15, 0.2) is 0 Å². The molecule has 1 aromatic heterocycles. The maximum Gasteiger partial charge on any atom is 0.416 e. The smallest absolute Gasteiger partial charge is 0.340 e. The fourth-order valence-electron chi connectivity index (χ4n) is 2.89. The van der Waals surface area contributed by atoms with Gasteiger partial charge in [-0.05, 0) is 23.8 Å². The van der Waals surface area contributed by atoms with E-state index in [1.54, 1.807) is 12.1 Å². The van der Waals surface area contributed by atoms with E-state index in [-0.39, 0.29) is 22.9 Å². The van der Waals surface area contributed by atoms with Crippen molar-refractivity contribution in [1.29, 1.82) is 0 Å². The zero-order valence-corrected chi connectivity index (χ0v) is 14.8. The quantitative estimate of drug-likeness (QED) is 0.742. The molecule has 0 bridgehead atoms. The monoisotopic (exact) mass is 391 g/mol. The predicted octanol–water partition coefficient (Wildman–Crippen LogP) is 2.37. The van der Waals surface area contributed by atoms with Gasteiger partial charge in [0.1, 0.15) is 6.54 Å². The second-order valence-electron chi connectivity index (χ2n) is 6.28. The zero-order valence-electron chi connectivity index (χ0n) is 14.8. The van der Waals surface area contributed by atoms with Crippen molar-refractivity contribution in [2.45, 2.75) is 19.3 Å². The Hall–Kier alpha value is -3.36. The van der Waals surface area contributed by atoms with E-state index in [0.717, 1.165) is 15.6 Å². The molecular formula is C19H16F3N3O3. The van der Waals surface area contributed by atoms with Crippen LogP contribution in [0.3, 0.4) is 0 Å². The van der Waals surface area contributed by atoms with Crippen LogP contribution in [0, 0.1) is 0 Å². The first-order valence-corrected chi connectivity index (χ1v) is 8.29. The van der Waals surface area contributed by atoms with Crippen LogP contribution >= 0.6 is 0 Å². The summed E-state index contributed by atoms with van der Waals surface area (Å²) in [4.78, 5) is 38.1. The Morgan fingerprint density at radius 2 is 1.64 bits per heavy atom. The van der Waals surface area contributed by atoms with E-state index in [4.69, 9.17) is 0 Å². The maximum absolute atomic E-state index is 13.1. The maximum atomic E-state index is 13.1. The highest BCUT2D eigenvalue weighted by Gasteiger charge is 2.33. The minimum atomic E-state index is -4.54. The lowest BCUT2D eigenvalue weighted by atomic mass is 10.1. The molecule has 0 unspecified atom stereocenters. The lowest BCUT2D eigenvalue weighted by molar-refractivity contribution is -0.139. The average molecular weight is 391 g/mol. The van der Waals surface area contributed by atoms with Crippen molar-refractivity contribution in [2.24, 2.45) is 0 Å². The number of hydrogen-bond donors (Lipinski definition) is 1. The van der Waals surface area contributed by atoms with E-state index in [1.807, 2.05) is 0 Å². The summed E-state index contributed by atoms with van der Waals surface area (Å²) in [6.07, 6.45) is -4.54. The molecule has 0 aliphatic heterocycles. The first kappa shape index (κ1) is 19.4. The first-order chi connectivity index (χ1) is 13.2. The van der Waals surface area contributed by atoms with Gasteiger partial charge >= 0.3 is 6.18 Å². The lowest BCUT2D eigenvalue weighted by Crippen LogP contribution is -2.37. The third-order valence-corrected chi connectivity index (χ3v) is 4.33. The van der Waals surface area contributed by atoms with Crippen molar-refractivity contribution in [3.05, 3.63) is 80.4 Å². The van der Waals surface area contributed by atoms with E-state index >= 15 is 0 Å². The number of benzene rings is 2. The van der Waals surface area contributed by atoms with Gasteiger partial charge in [-0.15, -0.1) is 0 Å². The van der Waals surface area contributed by atoms with E-state index in [0.29, 0.717) is 0 Å². The Kier molecular flexibility index (Phi) is 5.08. The highest BCUT2D eigenvalue weighted by Crippen LogP contribution is 2.32. The molecule has 3 rings (SSSR count). The van der Waals surface area contributed by atoms with Crippen molar-refractivity contribution in [2.75, 3.05) is 7.05 Å². The number of nitrogens with zero attached hydrogens (tertiary/aromatic N) is 2. The largest absolute Gasteiger partial charge is 0.416 e. The van der Waals surface area contributed by atoms with Gasteiger partial charge in [-0.2, -0.15) is 13.2 Å². The van der Waals surface area contributed by atoms with Crippen molar-refractivity contribution in [1.82, 2.24) is 14.7 Å². The van der Waals surface area contributed by atoms with Crippen molar-refractivity contribution < 1.29 is 18.0 Å². The molecule has 0 spiro atoms. The molecule has 2 aromatic carbocycles. The van der Waals surface area contributed by atoms with Crippen LogP contribution in [0.25, 0.3) is 10.8 Å². The molecular weight excluding hydrogens is 375 g/mol. The summed E-state index contributed by atoms with van der Waals surface area (Å²) in [6, 6.07) is 11.1.